The minimum atomic E-state index is 1.01. The first-order valence-corrected chi connectivity index (χ1v) is 21.1. The highest BCUT2D eigenvalue weighted by atomic mass is 79.9. The van der Waals surface area contributed by atoms with Crippen molar-refractivity contribution in [2.45, 2.75) is 78.1 Å². The van der Waals surface area contributed by atoms with E-state index in [4.69, 9.17) is 9.97 Å². The molecule has 0 atom stereocenters. The molecule has 0 spiro atoms. The average molecular weight is 811 g/mol. The first-order valence-electron chi connectivity index (χ1n) is 16.2. The molecule has 8 heteroatoms. The lowest BCUT2D eigenvalue weighted by atomic mass is 10.1. The van der Waals surface area contributed by atoms with Crippen LogP contribution in [-0.2, 0) is 12.8 Å². The van der Waals surface area contributed by atoms with Crippen LogP contribution in [0.1, 0.15) is 76.6 Å². The molecule has 4 aromatic heterocycles. The molecular formula is C38H38Br2N2S4. The van der Waals surface area contributed by atoms with E-state index >= 15 is 0 Å². The van der Waals surface area contributed by atoms with Gasteiger partial charge in [0.25, 0.3) is 0 Å². The van der Waals surface area contributed by atoms with Crippen LogP contribution in [0.2, 0.25) is 0 Å². The van der Waals surface area contributed by atoms with Crippen molar-refractivity contribution in [2.24, 2.45) is 0 Å². The molecule has 0 amide bonds. The third-order valence-corrected chi connectivity index (χ3v) is 14.1. The van der Waals surface area contributed by atoms with Crippen LogP contribution in [-0.4, -0.2) is 9.97 Å². The molecule has 0 saturated carbocycles. The lowest BCUT2D eigenvalue weighted by Crippen LogP contribution is -1.90. The van der Waals surface area contributed by atoms with Gasteiger partial charge in [0, 0.05) is 28.5 Å². The van der Waals surface area contributed by atoms with Gasteiger partial charge < -0.3 is 0 Å². The quantitative estimate of drug-likeness (QED) is 0.0966. The van der Waals surface area contributed by atoms with Crippen LogP contribution in [0, 0.1) is 0 Å². The third kappa shape index (κ3) is 8.37. The minimum absolute atomic E-state index is 1.01. The molecule has 6 aromatic rings. The van der Waals surface area contributed by atoms with E-state index in [1.54, 1.807) is 0 Å². The Bertz CT molecular complexity index is 1710. The summed E-state index contributed by atoms with van der Waals surface area (Å²) in [5.41, 5.74) is 4.97. The van der Waals surface area contributed by atoms with Crippen molar-refractivity contribution in [2.75, 3.05) is 0 Å². The van der Waals surface area contributed by atoms with Crippen molar-refractivity contribution in [1.82, 2.24) is 9.97 Å². The maximum absolute atomic E-state index is 5.33. The van der Waals surface area contributed by atoms with Crippen LogP contribution in [0.15, 0.2) is 81.7 Å². The van der Waals surface area contributed by atoms with E-state index in [2.05, 4.69) is 119 Å². The number of aromatic nitrogens is 2. The molecule has 238 valence electrons. The van der Waals surface area contributed by atoms with Gasteiger partial charge in [0.2, 0.25) is 0 Å². The minimum Gasteiger partial charge on any atom is -0.238 e. The van der Waals surface area contributed by atoms with Crippen molar-refractivity contribution in [1.29, 1.82) is 0 Å². The zero-order chi connectivity index (χ0) is 31.9. The highest BCUT2D eigenvalue weighted by Crippen LogP contribution is 2.46. The standard InChI is InChI=1S/C38H38Br2N2S4/c1-3-5-7-9-11-29-35(33-23-21-31(43-33)25-13-17-27(39)18-14-25)45-37(41-29)38-42-30(12-10-8-6-4-2)36(46-38)34-24-22-32(44-34)26-15-19-28(40)20-16-26/h13-24H,3-12H2,1-2H3. The lowest BCUT2D eigenvalue weighted by Gasteiger charge is -2.01. The second-order valence-electron chi connectivity index (χ2n) is 11.6. The fraction of sp³-hybridized carbons (Fsp3) is 0.316. The van der Waals surface area contributed by atoms with Crippen molar-refractivity contribution >= 4 is 77.2 Å². The number of thiazole rings is 2. The Morgan fingerprint density at radius 1 is 0.457 bits per heavy atom. The van der Waals surface area contributed by atoms with E-state index in [0.29, 0.717) is 0 Å². The molecule has 0 saturated heterocycles. The molecule has 0 aliphatic rings. The summed E-state index contributed by atoms with van der Waals surface area (Å²) in [4.78, 5) is 18.5. The van der Waals surface area contributed by atoms with Crippen molar-refractivity contribution in [3.63, 3.8) is 0 Å². The fourth-order valence-electron chi connectivity index (χ4n) is 5.51. The van der Waals surface area contributed by atoms with Gasteiger partial charge in [0.05, 0.1) is 21.1 Å². The highest BCUT2D eigenvalue weighted by molar-refractivity contribution is 9.10. The van der Waals surface area contributed by atoms with Crippen LogP contribution < -0.4 is 0 Å². The summed E-state index contributed by atoms with van der Waals surface area (Å²) in [5.74, 6) is 0. The van der Waals surface area contributed by atoms with Crippen LogP contribution in [0.5, 0.6) is 0 Å². The van der Waals surface area contributed by atoms with E-state index in [1.807, 2.05) is 45.3 Å². The van der Waals surface area contributed by atoms with Gasteiger partial charge in [-0.15, -0.1) is 45.3 Å². The van der Waals surface area contributed by atoms with Crippen LogP contribution in [0.4, 0.5) is 0 Å². The van der Waals surface area contributed by atoms with Gasteiger partial charge in [-0.05, 0) is 85.3 Å². The molecule has 0 unspecified atom stereocenters. The first-order chi connectivity index (χ1) is 22.5. The zero-order valence-corrected chi connectivity index (χ0v) is 32.7. The Kier molecular flexibility index (Phi) is 12.1. The van der Waals surface area contributed by atoms with Crippen molar-refractivity contribution in [3.05, 3.63) is 93.1 Å². The summed E-state index contributed by atoms with van der Waals surface area (Å²) >= 11 is 14.6. The number of hydrogen-bond donors (Lipinski definition) is 0. The summed E-state index contributed by atoms with van der Waals surface area (Å²) < 4.78 is 2.21. The molecule has 2 nitrogen and oxygen atoms in total. The van der Waals surface area contributed by atoms with Gasteiger partial charge >= 0.3 is 0 Å². The number of thiophene rings is 2. The van der Waals surface area contributed by atoms with Crippen molar-refractivity contribution < 1.29 is 0 Å². The van der Waals surface area contributed by atoms with Gasteiger partial charge in [-0.1, -0.05) is 108 Å². The van der Waals surface area contributed by atoms with Gasteiger partial charge in [0.15, 0.2) is 10.0 Å². The molecule has 0 bridgehead atoms. The summed E-state index contributed by atoms with van der Waals surface area (Å²) in [6.07, 6.45) is 11.9. The molecule has 2 aromatic carbocycles. The van der Waals surface area contributed by atoms with E-state index in [1.165, 1.54) is 103 Å². The Morgan fingerprint density at radius 3 is 1.24 bits per heavy atom. The summed E-state index contributed by atoms with van der Waals surface area (Å²) in [5, 5.41) is 2.13. The van der Waals surface area contributed by atoms with Crippen LogP contribution in [0.25, 0.3) is 50.4 Å². The number of rotatable bonds is 15. The molecule has 0 N–H and O–H groups in total. The van der Waals surface area contributed by atoms with Gasteiger partial charge in [-0.2, -0.15) is 0 Å². The maximum Gasteiger partial charge on any atom is 0.153 e. The second kappa shape index (κ2) is 16.4. The predicted molar refractivity (Wildman–Crippen MR) is 212 cm³/mol. The Hall–Kier alpha value is -1.94. The zero-order valence-electron chi connectivity index (χ0n) is 26.3. The maximum atomic E-state index is 5.33. The molecule has 0 fully saturated rings. The Labute approximate surface area is 306 Å². The number of nitrogens with zero attached hydrogens (tertiary/aromatic N) is 2. The number of hydrogen-bond acceptors (Lipinski definition) is 6. The third-order valence-electron chi connectivity index (χ3n) is 8.03. The normalized spacial score (nSPS) is 11.5. The highest BCUT2D eigenvalue weighted by Gasteiger charge is 2.22. The first kappa shape index (κ1) is 33.9. The SMILES string of the molecule is CCCCCCc1nc(-c2nc(CCCCCC)c(-c3ccc(-c4ccc(Br)cc4)s3)s2)sc1-c1ccc(-c2ccc(Br)cc2)s1. The molecule has 6 rings (SSSR count). The topological polar surface area (TPSA) is 25.8 Å². The molecule has 0 radical (unpaired) electrons. The number of benzene rings is 2. The van der Waals surface area contributed by atoms with Gasteiger partial charge in [-0.3, -0.25) is 0 Å². The molecule has 0 aliphatic heterocycles. The van der Waals surface area contributed by atoms with E-state index < -0.39 is 0 Å². The van der Waals surface area contributed by atoms with E-state index in [0.717, 1.165) is 31.8 Å². The van der Waals surface area contributed by atoms with E-state index in [-0.39, 0.29) is 0 Å². The van der Waals surface area contributed by atoms with Gasteiger partial charge in [-0.25, -0.2) is 9.97 Å². The monoisotopic (exact) mass is 808 g/mol. The fourth-order valence-corrected chi connectivity index (χ4v) is 10.6. The summed E-state index contributed by atoms with van der Waals surface area (Å²) in [6.45, 7) is 4.55. The largest absolute Gasteiger partial charge is 0.238 e. The predicted octanol–water partition coefficient (Wildman–Crippen LogP) is 14.8. The summed E-state index contributed by atoms with van der Waals surface area (Å²) in [7, 11) is 0. The Morgan fingerprint density at radius 2 is 0.848 bits per heavy atom. The number of unbranched alkanes of at least 4 members (excludes halogenated alkanes) is 6. The van der Waals surface area contributed by atoms with Crippen LogP contribution in [0.3, 0.4) is 0 Å². The molecule has 4 heterocycles. The lowest BCUT2D eigenvalue weighted by molar-refractivity contribution is 0.662. The molecule has 46 heavy (non-hydrogen) atoms. The number of halogens is 2. The van der Waals surface area contributed by atoms with E-state index in [9.17, 15) is 0 Å². The smallest absolute Gasteiger partial charge is 0.153 e. The van der Waals surface area contributed by atoms with Crippen LogP contribution >= 0.6 is 77.2 Å². The Balaban J connectivity index is 1.35. The molecular weight excluding hydrogens is 773 g/mol. The summed E-state index contributed by atoms with van der Waals surface area (Å²) in [6, 6.07) is 26.3. The van der Waals surface area contributed by atoms with Crippen molar-refractivity contribution in [3.8, 4) is 50.4 Å². The van der Waals surface area contributed by atoms with Gasteiger partial charge in [0.1, 0.15) is 0 Å². The molecule has 0 aliphatic carbocycles. The average Bonchev–Trinajstić information content (AvgIpc) is 3.88. The number of aryl methyl sites for hydroxylation is 2. The second-order valence-corrected chi connectivity index (χ2v) is 17.5.